The van der Waals surface area contributed by atoms with E-state index in [4.69, 9.17) is 15.2 Å². The number of benzene rings is 1. The first-order valence-corrected chi connectivity index (χ1v) is 10.8. The maximum atomic E-state index is 12.2. The number of rotatable bonds is 5. The molecule has 1 amide bonds. The van der Waals surface area contributed by atoms with Gasteiger partial charge in [-0.15, -0.1) is 0 Å². The largest absolute Gasteiger partial charge is 0.447 e. The van der Waals surface area contributed by atoms with E-state index < -0.39 is 6.09 Å². The monoisotopic (exact) mass is 415 g/mol. The van der Waals surface area contributed by atoms with Gasteiger partial charge in [0.1, 0.15) is 12.4 Å². The number of nitrogens with one attached hydrogen (secondary N) is 3. The van der Waals surface area contributed by atoms with E-state index in [2.05, 4.69) is 20.6 Å². The number of carbonyl (C=O) groups excluding carboxylic acids is 1. The smallest absolute Gasteiger partial charge is 0.411 e. The second-order valence-corrected chi connectivity index (χ2v) is 7.67. The topological polar surface area (TPSA) is 114 Å². The molecule has 5 N–H and O–H groups in total. The van der Waals surface area contributed by atoms with Gasteiger partial charge >= 0.3 is 6.09 Å². The van der Waals surface area contributed by atoms with Crippen molar-refractivity contribution in [3.63, 3.8) is 0 Å². The highest BCUT2D eigenvalue weighted by Crippen LogP contribution is 2.31. The summed E-state index contributed by atoms with van der Waals surface area (Å²) >= 11 is 0. The molecular formula is C22H33N5O3. The minimum absolute atomic E-state index is 0.0781. The highest BCUT2D eigenvalue weighted by molar-refractivity contribution is 5.88. The fourth-order valence-corrected chi connectivity index (χ4v) is 3.54. The zero-order chi connectivity index (χ0) is 21.3. The van der Waals surface area contributed by atoms with Crippen LogP contribution in [-0.2, 0) is 9.47 Å². The predicted octanol–water partition coefficient (Wildman–Crippen LogP) is 4.43. The summed E-state index contributed by atoms with van der Waals surface area (Å²) in [5, 5.41) is 6.30. The maximum Gasteiger partial charge on any atom is 0.411 e. The number of anilines is 2. The number of methoxy groups -OCH3 is 1. The molecule has 164 valence electrons. The number of aromatic amines is 1. The molecular weight excluding hydrogens is 382 g/mol. The van der Waals surface area contributed by atoms with E-state index in [9.17, 15) is 4.79 Å². The Morgan fingerprint density at radius 2 is 2.17 bits per heavy atom. The predicted molar refractivity (Wildman–Crippen MR) is 119 cm³/mol. The summed E-state index contributed by atoms with van der Waals surface area (Å²) < 4.78 is 10.5. The lowest BCUT2D eigenvalue weighted by atomic mass is 10.1. The third-order valence-electron chi connectivity index (χ3n) is 5.45. The molecule has 1 unspecified atom stereocenters. The second-order valence-electron chi connectivity index (χ2n) is 7.67. The molecule has 8 heteroatoms. The SMILES string of the molecule is CCC(COC(=O)Nc1ccc2c(c1)NCCCCCC[C@H](N)c1ncc-2[nH]1)OC. The number of imidazole rings is 1. The van der Waals surface area contributed by atoms with Crippen LogP contribution in [0.5, 0.6) is 0 Å². The van der Waals surface area contributed by atoms with Crippen LogP contribution < -0.4 is 16.4 Å². The summed E-state index contributed by atoms with van der Waals surface area (Å²) in [6.45, 7) is 3.07. The summed E-state index contributed by atoms with van der Waals surface area (Å²) in [5.41, 5.74) is 9.78. The molecule has 0 saturated heterocycles. The number of nitrogens with two attached hydrogens (primary N) is 1. The van der Waals surface area contributed by atoms with Crippen LogP contribution in [0.4, 0.5) is 16.2 Å². The van der Waals surface area contributed by atoms with Gasteiger partial charge in [-0.25, -0.2) is 9.78 Å². The summed E-state index contributed by atoms with van der Waals surface area (Å²) in [7, 11) is 1.61. The first kappa shape index (κ1) is 22.1. The highest BCUT2D eigenvalue weighted by Gasteiger charge is 2.15. The number of nitrogens with zero attached hydrogens (tertiary/aromatic N) is 1. The van der Waals surface area contributed by atoms with Crippen molar-refractivity contribution >= 4 is 17.5 Å². The number of aromatic nitrogens is 2. The Balaban J connectivity index is 1.76. The number of hydrogen-bond donors (Lipinski definition) is 4. The van der Waals surface area contributed by atoms with Crippen LogP contribution in [0.15, 0.2) is 24.4 Å². The molecule has 2 atom stereocenters. The molecule has 0 spiro atoms. The van der Waals surface area contributed by atoms with Crippen molar-refractivity contribution in [1.82, 2.24) is 9.97 Å². The lowest BCUT2D eigenvalue weighted by Gasteiger charge is -2.15. The average Bonchev–Trinajstić information content (AvgIpc) is 3.23. The number of carbonyl (C=O) groups is 1. The molecule has 0 radical (unpaired) electrons. The zero-order valence-corrected chi connectivity index (χ0v) is 17.9. The third-order valence-corrected chi connectivity index (χ3v) is 5.45. The second kappa shape index (κ2) is 11.0. The Morgan fingerprint density at radius 3 is 2.97 bits per heavy atom. The Kier molecular flexibility index (Phi) is 8.10. The Morgan fingerprint density at radius 1 is 1.33 bits per heavy atom. The number of hydrogen-bond acceptors (Lipinski definition) is 6. The van der Waals surface area contributed by atoms with Gasteiger partial charge in [0.25, 0.3) is 0 Å². The molecule has 2 heterocycles. The molecule has 2 bridgehead atoms. The fourth-order valence-electron chi connectivity index (χ4n) is 3.54. The van der Waals surface area contributed by atoms with Crippen LogP contribution in [0.3, 0.4) is 0 Å². The van der Waals surface area contributed by atoms with Crippen LogP contribution >= 0.6 is 0 Å². The Bertz CT molecular complexity index is 819. The summed E-state index contributed by atoms with van der Waals surface area (Å²) in [5.74, 6) is 0.810. The van der Waals surface area contributed by atoms with Crippen LogP contribution in [0, 0.1) is 0 Å². The minimum Gasteiger partial charge on any atom is -0.447 e. The van der Waals surface area contributed by atoms with Crippen LogP contribution in [0.1, 0.15) is 57.3 Å². The van der Waals surface area contributed by atoms with Crippen molar-refractivity contribution in [2.45, 2.75) is 57.6 Å². The molecule has 1 aliphatic heterocycles. The van der Waals surface area contributed by atoms with Crippen LogP contribution in [0.25, 0.3) is 11.3 Å². The van der Waals surface area contributed by atoms with Crippen molar-refractivity contribution in [3.05, 3.63) is 30.2 Å². The van der Waals surface area contributed by atoms with E-state index in [1.807, 2.05) is 31.3 Å². The van der Waals surface area contributed by atoms with Gasteiger partial charge in [-0.05, 0) is 37.5 Å². The van der Waals surface area contributed by atoms with Gasteiger partial charge in [0.05, 0.1) is 24.0 Å². The molecule has 8 nitrogen and oxygen atoms in total. The van der Waals surface area contributed by atoms with Gasteiger partial charge in [0.2, 0.25) is 0 Å². The van der Waals surface area contributed by atoms with Crippen molar-refractivity contribution < 1.29 is 14.3 Å². The third kappa shape index (κ3) is 5.96. The molecule has 3 rings (SSSR count). The molecule has 1 aromatic heterocycles. The first-order chi connectivity index (χ1) is 14.6. The zero-order valence-electron chi connectivity index (χ0n) is 17.9. The lowest BCUT2D eigenvalue weighted by Crippen LogP contribution is -2.23. The first-order valence-electron chi connectivity index (χ1n) is 10.8. The lowest BCUT2D eigenvalue weighted by molar-refractivity contribution is 0.0374. The summed E-state index contributed by atoms with van der Waals surface area (Å²) in [6, 6.07) is 5.66. The van der Waals surface area contributed by atoms with E-state index in [1.54, 1.807) is 7.11 Å². The fraction of sp³-hybridized carbons (Fsp3) is 0.545. The van der Waals surface area contributed by atoms with Crippen molar-refractivity contribution in [3.8, 4) is 11.3 Å². The van der Waals surface area contributed by atoms with E-state index in [0.29, 0.717) is 5.69 Å². The van der Waals surface area contributed by atoms with Crippen LogP contribution in [0.2, 0.25) is 0 Å². The number of amides is 1. The van der Waals surface area contributed by atoms with E-state index in [0.717, 1.165) is 67.8 Å². The number of H-pyrrole nitrogens is 1. The highest BCUT2D eigenvalue weighted by atomic mass is 16.6. The molecule has 2 aromatic rings. The standard InChI is InChI=1S/C22H33N5O3/c1-3-16(29-2)14-30-22(28)26-15-9-10-17-19(12-15)24-11-7-5-4-6-8-18(23)21-25-13-20(17)27-21/h9-10,12-13,16,18,24H,3-8,11,14,23H2,1-2H3,(H,25,27)(H,26,28)/t16?,18-/m0/s1. The van der Waals surface area contributed by atoms with Crippen molar-refractivity contribution in [1.29, 1.82) is 0 Å². The molecule has 30 heavy (non-hydrogen) atoms. The number of ether oxygens (including phenoxy) is 2. The van der Waals surface area contributed by atoms with E-state index >= 15 is 0 Å². The van der Waals surface area contributed by atoms with Gasteiger partial charge in [-0.1, -0.05) is 26.2 Å². The summed E-state index contributed by atoms with van der Waals surface area (Å²) in [4.78, 5) is 20.0. The number of fused-ring (bicyclic) bond motifs is 4. The van der Waals surface area contributed by atoms with Crippen molar-refractivity contribution in [2.24, 2.45) is 5.73 Å². The van der Waals surface area contributed by atoms with Gasteiger partial charge in [-0.3, -0.25) is 5.32 Å². The van der Waals surface area contributed by atoms with Gasteiger partial charge in [0, 0.05) is 30.6 Å². The van der Waals surface area contributed by atoms with Crippen LogP contribution in [-0.4, -0.2) is 42.4 Å². The maximum absolute atomic E-state index is 12.2. The van der Waals surface area contributed by atoms with E-state index in [1.165, 1.54) is 0 Å². The molecule has 1 aliphatic rings. The quantitative estimate of drug-likeness (QED) is 0.574. The molecule has 0 fully saturated rings. The molecule has 1 aromatic carbocycles. The van der Waals surface area contributed by atoms with E-state index in [-0.39, 0.29) is 18.8 Å². The molecule has 0 aliphatic carbocycles. The normalized spacial score (nSPS) is 18.0. The van der Waals surface area contributed by atoms with Crippen molar-refractivity contribution in [2.75, 3.05) is 30.9 Å². The Labute approximate surface area is 177 Å². The van der Waals surface area contributed by atoms with Gasteiger partial charge in [0.15, 0.2) is 0 Å². The minimum atomic E-state index is -0.495. The average molecular weight is 416 g/mol. The van der Waals surface area contributed by atoms with Gasteiger partial charge < -0.3 is 25.5 Å². The molecule has 0 saturated carbocycles. The summed E-state index contributed by atoms with van der Waals surface area (Å²) in [6.07, 6.45) is 7.42. The van der Waals surface area contributed by atoms with Gasteiger partial charge in [-0.2, -0.15) is 0 Å². The Hall–Kier alpha value is -2.58.